The summed E-state index contributed by atoms with van der Waals surface area (Å²) >= 11 is 0. The zero-order valence-corrected chi connectivity index (χ0v) is 16.6. The summed E-state index contributed by atoms with van der Waals surface area (Å²) in [5.41, 5.74) is 3.01. The van der Waals surface area contributed by atoms with Gasteiger partial charge in [0.2, 0.25) is 5.91 Å². The van der Waals surface area contributed by atoms with E-state index in [1.165, 1.54) is 12.1 Å². The fourth-order valence-corrected chi connectivity index (χ4v) is 4.22. The molecule has 0 saturated carbocycles. The van der Waals surface area contributed by atoms with Crippen LogP contribution in [0.3, 0.4) is 0 Å². The average Bonchev–Trinajstić information content (AvgIpc) is 2.69. The maximum absolute atomic E-state index is 13.2. The first kappa shape index (κ1) is 19.6. The topological polar surface area (TPSA) is 66.5 Å². The Labute approximate surface area is 165 Å². The lowest BCUT2D eigenvalue weighted by molar-refractivity contribution is -0.114. The van der Waals surface area contributed by atoms with E-state index in [-0.39, 0.29) is 11.4 Å². The van der Waals surface area contributed by atoms with E-state index in [1.807, 2.05) is 44.2 Å². The third-order valence-corrected chi connectivity index (χ3v) is 6.15. The highest BCUT2D eigenvalue weighted by atomic mass is 32.2. The number of hydrogen-bond acceptors (Lipinski definition) is 3. The fourth-order valence-electron chi connectivity index (χ4n) is 2.78. The minimum atomic E-state index is -3.89. The van der Waals surface area contributed by atoms with Gasteiger partial charge in [0.05, 0.1) is 10.6 Å². The van der Waals surface area contributed by atoms with Gasteiger partial charge in [0.1, 0.15) is 6.54 Å². The highest BCUT2D eigenvalue weighted by Gasteiger charge is 2.27. The Morgan fingerprint density at radius 1 is 0.857 bits per heavy atom. The lowest BCUT2D eigenvalue weighted by Crippen LogP contribution is -2.38. The number of hydrogen-bond donors (Lipinski definition) is 1. The number of sulfonamides is 1. The minimum Gasteiger partial charge on any atom is -0.324 e. The van der Waals surface area contributed by atoms with Gasteiger partial charge in [-0.2, -0.15) is 0 Å². The SMILES string of the molecule is Cc1ccc(N(CC(=O)Nc2ccccc2C)S(=O)(=O)c2ccccc2)cc1. The minimum absolute atomic E-state index is 0.138. The Morgan fingerprint density at radius 2 is 1.46 bits per heavy atom. The molecule has 0 atom stereocenters. The molecule has 1 amide bonds. The molecular formula is C22H22N2O3S. The van der Waals surface area contributed by atoms with Crippen LogP contribution in [-0.4, -0.2) is 20.9 Å². The lowest BCUT2D eigenvalue weighted by Gasteiger charge is -2.24. The Kier molecular flexibility index (Phi) is 5.80. The zero-order chi connectivity index (χ0) is 20.1. The molecule has 28 heavy (non-hydrogen) atoms. The molecule has 0 saturated heterocycles. The molecule has 0 aliphatic carbocycles. The highest BCUT2D eigenvalue weighted by Crippen LogP contribution is 2.24. The molecule has 144 valence electrons. The molecule has 1 N–H and O–H groups in total. The van der Waals surface area contributed by atoms with Gasteiger partial charge in [-0.3, -0.25) is 9.10 Å². The van der Waals surface area contributed by atoms with Crippen LogP contribution in [0.5, 0.6) is 0 Å². The molecule has 0 radical (unpaired) electrons. The Morgan fingerprint density at radius 3 is 2.11 bits per heavy atom. The van der Waals surface area contributed by atoms with E-state index in [2.05, 4.69) is 5.32 Å². The van der Waals surface area contributed by atoms with Crippen molar-refractivity contribution in [1.29, 1.82) is 0 Å². The summed E-state index contributed by atoms with van der Waals surface area (Å²) in [7, 11) is -3.89. The summed E-state index contributed by atoms with van der Waals surface area (Å²) in [6.45, 7) is 3.48. The van der Waals surface area contributed by atoms with Crippen molar-refractivity contribution in [2.45, 2.75) is 18.7 Å². The summed E-state index contributed by atoms with van der Waals surface area (Å²) in [5.74, 6) is -0.408. The largest absolute Gasteiger partial charge is 0.324 e. The van der Waals surface area contributed by atoms with Crippen molar-refractivity contribution < 1.29 is 13.2 Å². The van der Waals surface area contributed by atoms with E-state index < -0.39 is 15.9 Å². The van der Waals surface area contributed by atoms with Crippen LogP contribution < -0.4 is 9.62 Å². The van der Waals surface area contributed by atoms with Crippen LogP contribution in [-0.2, 0) is 14.8 Å². The number of nitrogens with zero attached hydrogens (tertiary/aromatic N) is 1. The molecule has 0 fully saturated rings. The van der Waals surface area contributed by atoms with Crippen molar-refractivity contribution >= 4 is 27.3 Å². The third kappa shape index (κ3) is 4.40. The van der Waals surface area contributed by atoms with Gasteiger partial charge in [0.15, 0.2) is 0 Å². The first-order valence-corrected chi connectivity index (χ1v) is 10.3. The molecule has 0 aromatic heterocycles. The maximum atomic E-state index is 13.2. The van der Waals surface area contributed by atoms with Gasteiger partial charge < -0.3 is 5.32 Å². The van der Waals surface area contributed by atoms with Gasteiger partial charge in [-0.1, -0.05) is 54.1 Å². The molecule has 6 heteroatoms. The van der Waals surface area contributed by atoms with Crippen LogP contribution in [0.1, 0.15) is 11.1 Å². The summed E-state index contributed by atoms with van der Waals surface area (Å²) in [4.78, 5) is 12.8. The molecule has 3 aromatic carbocycles. The second kappa shape index (κ2) is 8.27. The van der Waals surface area contributed by atoms with Crippen molar-refractivity contribution in [2.75, 3.05) is 16.2 Å². The van der Waals surface area contributed by atoms with Crippen LogP contribution in [0.2, 0.25) is 0 Å². The maximum Gasteiger partial charge on any atom is 0.264 e. The molecule has 0 spiro atoms. The first-order chi connectivity index (χ1) is 13.4. The Bertz CT molecular complexity index is 1060. The Hall–Kier alpha value is -3.12. The standard InChI is InChI=1S/C22H22N2O3S/c1-17-12-14-19(15-13-17)24(28(26,27)20-9-4-3-5-10-20)16-22(25)23-21-11-7-6-8-18(21)2/h3-15H,16H2,1-2H3,(H,23,25). The van der Waals surface area contributed by atoms with E-state index in [4.69, 9.17) is 0 Å². The molecule has 0 aliphatic rings. The van der Waals surface area contributed by atoms with Gasteiger partial charge >= 0.3 is 0 Å². The highest BCUT2D eigenvalue weighted by molar-refractivity contribution is 7.92. The number of amides is 1. The number of anilines is 2. The van der Waals surface area contributed by atoms with E-state index in [0.717, 1.165) is 15.4 Å². The predicted molar refractivity (Wildman–Crippen MR) is 112 cm³/mol. The van der Waals surface area contributed by atoms with Gasteiger partial charge in [-0.05, 0) is 49.7 Å². The van der Waals surface area contributed by atoms with Crippen molar-refractivity contribution in [2.24, 2.45) is 0 Å². The number of nitrogens with one attached hydrogen (secondary N) is 1. The summed E-state index contributed by atoms with van der Waals surface area (Å²) in [6.07, 6.45) is 0. The number of aryl methyl sites for hydroxylation is 2. The van der Waals surface area contributed by atoms with Gasteiger partial charge in [-0.15, -0.1) is 0 Å². The molecule has 3 aromatic rings. The second-order valence-electron chi connectivity index (χ2n) is 6.52. The van der Waals surface area contributed by atoms with E-state index in [0.29, 0.717) is 11.4 Å². The molecular weight excluding hydrogens is 372 g/mol. The molecule has 0 unspecified atom stereocenters. The third-order valence-electron chi connectivity index (χ3n) is 4.36. The monoisotopic (exact) mass is 394 g/mol. The number of carbonyl (C=O) groups excluding carboxylic acids is 1. The Balaban J connectivity index is 1.94. The zero-order valence-electron chi connectivity index (χ0n) is 15.8. The van der Waals surface area contributed by atoms with E-state index in [9.17, 15) is 13.2 Å². The average molecular weight is 394 g/mol. The molecule has 0 aliphatic heterocycles. The summed E-state index contributed by atoms with van der Waals surface area (Å²) in [5, 5.41) is 2.80. The number of benzene rings is 3. The smallest absolute Gasteiger partial charge is 0.264 e. The van der Waals surface area contributed by atoms with Crippen LogP contribution in [0.4, 0.5) is 11.4 Å². The first-order valence-electron chi connectivity index (χ1n) is 8.88. The van der Waals surface area contributed by atoms with Gasteiger partial charge in [0, 0.05) is 5.69 Å². The van der Waals surface area contributed by atoms with Crippen LogP contribution in [0.25, 0.3) is 0 Å². The predicted octanol–water partition coefficient (Wildman–Crippen LogP) is 4.14. The normalized spacial score (nSPS) is 11.1. The number of carbonyl (C=O) groups is 1. The van der Waals surface area contributed by atoms with E-state index >= 15 is 0 Å². The quantitative estimate of drug-likeness (QED) is 0.683. The molecule has 0 bridgehead atoms. The summed E-state index contributed by atoms with van der Waals surface area (Å²) < 4.78 is 27.6. The van der Waals surface area contributed by atoms with Crippen molar-refractivity contribution in [1.82, 2.24) is 0 Å². The van der Waals surface area contributed by atoms with Crippen LogP contribution in [0.15, 0.2) is 83.8 Å². The fraction of sp³-hybridized carbons (Fsp3) is 0.136. The molecule has 3 rings (SSSR count). The van der Waals surface area contributed by atoms with Crippen molar-refractivity contribution in [3.63, 3.8) is 0 Å². The molecule has 5 nitrogen and oxygen atoms in total. The molecule has 0 heterocycles. The number of para-hydroxylation sites is 1. The van der Waals surface area contributed by atoms with Crippen LogP contribution in [0, 0.1) is 13.8 Å². The summed E-state index contributed by atoms with van der Waals surface area (Å²) in [6, 6.07) is 22.5. The van der Waals surface area contributed by atoms with Gasteiger partial charge in [0.25, 0.3) is 10.0 Å². The van der Waals surface area contributed by atoms with Crippen molar-refractivity contribution in [3.8, 4) is 0 Å². The van der Waals surface area contributed by atoms with Gasteiger partial charge in [-0.25, -0.2) is 8.42 Å². The lowest BCUT2D eigenvalue weighted by atomic mass is 10.2. The number of rotatable bonds is 6. The van der Waals surface area contributed by atoms with E-state index in [1.54, 1.807) is 36.4 Å². The second-order valence-corrected chi connectivity index (χ2v) is 8.39. The van der Waals surface area contributed by atoms with Crippen molar-refractivity contribution in [3.05, 3.63) is 90.0 Å². The van der Waals surface area contributed by atoms with Crippen LogP contribution >= 0.6 is 0 Å².